The third-order valence-corrected chi connectivity index (χ3v) is 10.0. The van der Waals surface area contributed by atoms with E-state index in [9.17, 15) is 14.7 Å². The fourth-order valence-electron chi connectivity index (χ4n) is 6.77. The Hall–Kier alpha value is -5.32. The highest BCUT2D eigenvalue weighted by Gasteiger charge is 2.33. The molecule has 1 aliphatic heterocycles. The molecule has 0 radical (unpaired) electrons. The number of carbonyl (C=O) groups is 2. The Morgan fingerprint density at radius 1 is 0.796 bits per heavy atom. The van der Waals surface area contributed by atoms with Crippen molar-refractivity contribution in [2.45, 2.75) is 63.5 Å². The number of nitrogens with one attached hydrogen (secondary N) is 2. The first-order chi connectivity index (χ1) is 26.3. The first-order valence-corrected chi connectivity index (χ1v) is 18.4. The largest absolute Gasteiger partial charge is 0.467 e. The maximum Gasteiger partial charge on any atom is 0.328 e. The van der Waals surface area contributed by atoms with Gasteiger partial charge in [0.15, 0.2) is 6.29 Å². The number of nitrogens with zero attached hydrogens (tertiary/aromatic N) is 1. The summed E-state index contributed by atoms with van der Waals surface area (Å²) < 4.78 is 18.2. The zero-order valence-electron chi connectivity index (χ0n) is 31.1. The van der Waals surface area contributed by atoms with Crippen LogP contribution in [0, 0.1) is 0 Å². The summed E-state index contributed by atoms with van der Waals surface area (Å²) in [6, 6.07) is 43.1. The molecule has 6 rings (SSSR count). The second-order valence-corrected chi connectivity index (χ2v) is 13.8. The molecular formula is C45H49N3O6. The first-order valence-electron chi connectivity index (χ1n) is 18.4. The monoisotopic (exact) mass is 727 g/mol. The van der Waals surface area contributed by atoms with Crippen molar-refractivity contribution in [1.82, 2.24) is 15.5 Å². The minimum atomic E-state index is -0.810. The van der Waals surface area contributed by atoms with Crippen LogP contribution in [0.25, 0.3) is 11.1 Å². The van der Waals surface area contributed by atoms with E-state index in [1.807, 2.05) is 97.1 Å². The molecule has 1 heterocycles. The fraction of sp³-hybridized carbons (Fsp3) is 0.289. The molecular weight excluding hydrogens is 679 g/mol. The summed E-state index contributed by atoms with van der Waals surface area (Å²) in [6.07, 6.45) is 0.209. The average Bonchev–Trinajstić information content (AvgIpc) is 3.23. The minimum absolute atomic E-state index is 0.00388. The molecule has 280 valence electrons. The third-order valence-electron chi connectivity index (χ3n) is 10.0. The number of aliphatic hydroxyl groups excluding tert-OH is 1. The molecule has 9 heteroatoms. The van der Waals surface area contributed by atoms with E-state index < -0.39 is 24.3 Å². The van der Waals surface area contributed by atoms with Gasteiger partial charge in [-0.05, 0) is 59.0 Å². The lowest BCUT2D eigenvalue weighted by atomic mass is 9.98. The molecule has 54 heavy (non-hydrogen) atoms. The smallest absolute Gasteiger partial charge is 0.328 e. The Morgan fingerprint density at radius 3 is 2.15 bits per heavy atom. The molecule has 5 aromatic carbocycles. The molecule has 0 saturated carbocycles. The van der Waals surface area contributed by atoms with Crippen molar-refractivity contribution in [3.05, 3.63) is 167 Å². The molecule has 1 fully saturated rings. The molecule has 2 amide bonds. The predicted molar refractivity (Wildman–Crippen MR) is 209 cm³/mol. The van der Waals surface area contributed by atoms with Crippen LogP contribution >= 0.6 is 0 Å². The molecule has 3 N–H and O–H groups in total. The van der Waals surface area contributed by atoms with E-state index in [1.54, 1.807) is 0 Å². The van der Waals surface area contributed by atoms with Crippen LogP contribution in [0.3, 0.4) is 0 Å². The van der Waals surface area contributed by atoms with Gasteiger partial charge in [0.25, 0.3) is 0 Å². The predicted octanol–water partition coefficient (Wildman–Crippen LogP) is 7.67. The minimum Gasteiger partial charge on any atom is -0.467 e. The van der Waals surface area contributed by atoms with E-state index in [4.69, 9.17) is 14.2 Å². The molecule has 9 nitrogen and oxygen atoms in total. The molecule has 0 spiro atoms. The van der Waals surface area contributed by atoms with Crippen molar-refractivity contribution in [1.29, 1.82) is 0 Å². The number of methoxy groups -OCH3 is 1. The van der Waals surface area contributed by atoms with Crippen LogP contribution in [-0.4, -0.2) is 54.9 Å². The number of esters is 1. The summed E-state index contributed by atoms with van der Waals surface area (Å²) in [5.74, 6) is -0.504. The highest BCUT2D eigenvalue weighted by Crippen LogP contribution is 2.39. The lowest BCUT2D eigenvalue weighted by Gasteiger charge is -2.39. The summed E-state index contributed by atoms with van der Waals surface area (Å²) in [5.41, 5.74) is 7.93. The Kier molecular flexibility index (Phi) is 13.2. The molecule has 5 unspecified atom stereocenters. The van der Waals surface area contributed by atoms with Gasteiger partial charge in [0.1, 0.15) is 6.04 Å². The van der Waals surface area contributed by atoms with Gasteiger partial charge < -0.3 is 30.0 Å². The van der Waals surface area contributed by atoms with E-state index in [1.165, 1.54) is 12.7 Å². The lowest BCUT2D eigenvalue weighted by molar-refractivity contribution is -0.253. The normalized spacial score (nSPS) is 18.1. The van der Waals surface area contributed by atoms with E-state index in [-0.39, 0.29) is 31.4 Å². The maximum atomic E-state index is 12.8. The fourth-order valence-corrected chi connectivity index (χ4v) is 6.77. The van der Waals surface area contributed by atoms with Crippen molar-refractivity contribution in [2.75, 3.05) is 20.7 Å². The van der Waals surface area contributed by atoms with Crippen LogP contribution in [0.4, 0.5) is 4.79 Å². The summed E-state index contributed by atoms with van der Waals surface area (Å²) in [5, 5.41) is 15.2. The van der Waals surface area contributed by atoms with Crippen LogP contribution in [0.5, 0.6) is 0 Å². The number of aliphatic hydroxyl groups is 1. The van der Waals surface area contributed by atoms with Crippen LogP contribution in [-0.2, 0) is 38.6 Å². The highest BCUT2D eigenvalue weighted by atomic mass is 16.7. The lowest BCUT2D eigenvalue weighted by Crippen LogP contribution is -2.47. The average molecular weight is 728 g/mol. The van der Waals surface area contributed by atoms with Gasteiger partial charge in [0.05, 0.1) is 25.9 Å². The van der Waals surface area contributed by atoms with E-state index in [0.29, 0.717) is 12.8 Å². The van der Waals surface area contributed by atoms with Crippen molar-refractivity contribution in [3.63, 3.8) is 0 Å². The van der Waals surface area contributed by atoms with Crippen LogP contribution < -0.4 is 10.6 Å². The Labute approximate surface area is 317 Å². The van der Waals surface area contributed by atoms with Gasteiger partial charge in [-0.2, -0.15) is 0 Å². The summed E-state index contributed by atoms with van der Waals surface area (Å²) in [7, 11) is 3.44. The molecule has 0 aliphatic carbocycles. The third kappa shape index (κ3) is 10.2. The van der Waals surface area contributed by atoms with Crippen molar-refractivity contribution in [3.8, 4) is 11.1 Å². The van der Waals surface area contributed by atoms with Crippen molar-refractivity contribution >= 4 is 12.0 Å². The van der Waals surface area contributed by atoms with E-state index in [2.05, 4.69) is 65.9 Å². The molecule has 0 bridgehead atoms. The maximum absolute atomic E-state index is 12.8. The molecule has 5 aromatic rings. The molecule has 5 atom stereocenters. The van der Waals surface area contributed by atoms with Gasteiger partial charge in [0, 0.05) is 37.5 Å². The Bertz CT molecular complexity index is 1940. The van der Waals surface area contributed by atoms with E-state index in [0.717, 1.165) is 45.5 Å². The number of rotatable bonds is 14. The van der Waals surface area contributed by atoms with Gasteiger partial charge in [0.2, 0.25) is 0 Å². The topological polar surface area (TPSA) is 109 Å². The second kappa shape index (κ2) is 18.6. The number of carbonyl (C=O) groups excluding carboxylic acids is 2. The van der Waals surface area contributed by atoms with Crippen LogP contribution in [0.1, 0.15) is 65.2 Å². The number of benzene rings is 5. The zero-order chi connectivity index (χ0) is 37.9. The number of hydrogen-bond acceptors (Lipinski definition) is 7. The Balaban J connectivity index is 1.11. The van der Waals surface area contributed by atoms with Crippen LogP contribution in [0.15, 0.2) is 133 Å². The van der Waals surface area contributed by atoms with Gasteiger partial charge in [-0.15, -0.1) is 0 Å². The number of hydrogen-bond donors (Lipinski definition) is 3. The van der Waals surface area contributed by atoms with Crippen molar-refractivity contribution in [2.24, 2.45) is 0 Å². The van der Waals surface area contributed by atoms with Gasteiger partial charge in [-0.3, -0.25) is 4.90 Å². The standard InChI is InChI=1S/C45H49N3O6/c1-31(35-14-8-5-9-15-35)48(2)29-40-27-42(37-19-17-33(30-49)18-20-37)54-44(53-40)38-23-21-36(22-24-38)39-16-10-13-34(25-39)28-46-45(51)47-41(43(50)52-3)26-32-11-6-4-7-12-32/h4-25,31,40-42,44,49H,26-30H2,1-3H3,(H2,46,47,51). The summed E-state index contributed by atoms with van der Waals surface area (Å²) in [6.45, 7) is 3.22. The summed E-state index contributed by atoms with van der Waals surface area (Å²) in [4.78, 5) is 27.6. The Morgan fingerprint density at radius 2 is 1.46 bits per heavy atom. The van der Waals surface area contributed by atoms with E-state index >= 15 is 0 Å². The second-order valence-electron chi connectivity index (χ2n) is 13.8. The molecule has 1 aliphatic rings. The quantitative estimate of drug-likeness (QED) is 0.101. The number of urea groups is 1. The van der Waals surface area contributed by atoms with Crippen molar-refractivity contribution < 1.29 is 28.9 Å². The zero-order valence-corrected chi connectivity index (χ0v) is 31.1. The van der Waals surface area contributed by atoms with Gasteiger partial charge in [-0.25, -0.2) is 9.59 Å². The number of ether oxygens (including phenoxy) is 3. The highest BCUT2D eigenvalue weighted by molar-refractivity contribution is 5.83. The summed E-state index contributed by atoms with van der Waals surface area (Å²) >= 11 is 0. The van der Waals surface area contributed by atoms with Gasteiger partial charge >= 0.3 is 12.0 Å². The number of likely N-dealkylation sites (N-methyl/N-ethyl adjacent to an activating group) is 1. The van der Waals surface area contributed by atoms with Crippen LogP contribution in [0.2, 0.25) is 0 Å². The molecule has 1 saturated heterocycles. The first kappa shape index (κ1) is 38.4. The van der Waals surface area contributed by atoms with Gasteiger partial charge in [-0.1, -0.05) is 127 Å². The SMILES string of the molecule is COC(=O)C(Cc1ccccc1)NC(=O)NCc1cccc(-c2ccc(C3OC(CN(C)C(C)c4ccccc4)CC(c4ccc(CO)cc4)O3)cc2)c1. The molecule has 0 aromatic heterocycles. The number of amides is 2.